The number of ether oxygens (including phenoxy) is 1. The molecular formula is C15H20O4. The van der Waals surface area contributed by atoms with Crippen molar-refractivity contribution in [3.05, 3.63) is 24.3 Å². The van der Waals surface area contributed by atoms with Gasteiger partial charge in [-0.15, -0.1) is 0 Å². The van der Waals surface area contributed by atoms with Crippen molar-refractivity contribution in [3.63, 3.8) is 0 Å². The molecule has 0 amide bonds. The van der Waals surface area contributed by atoms with Gasteiger partial charge in [-0.3, -0.25) is 4.79 Å². The van der Waals surface area contributed by atoms with Crippen LogP contribution in [-0.2, 0) is 9.53 Å². The zero-order chi connectivity index (χ0) is 14.0. The van der Waals surface area contributed by atoms with Crippen LogP contribution in [-0.4, -0.2) is 33.5 Å². The Labute approximate surface area is 112 Å². The fourth-order valence-corrected chi connectivity index (χ4v) is 3.93. The van der Waals surface area contributed by atoms with E-state index >= 15 is 0 Å². The highest BCUT2D eigenvalue weighted by Gasteiger charge is 2.61. The number of fused-ring (bicyclic) bond motifs is 3. The number of esters is 1. The van der Waals surface area contributed by atoms with Crippen LogP contribution in [0.4, 0.5) is 0 Å². The topological polar surface area (TPSA) is 66.8 Å². The van der Waals surface area contributed by atoms with Crippen molar-refractivity contribution in [2.45, 2.75) is 44.0 Å². The molecule has 3 rings (SSSR count). The van der Waals surface area contributed by atoms with Crippen LogP contribution in [0.1, 0.15) is 26.7 Å². The molecule has 2 fully saturated rings. The van der Waals surface area contributed by atoms with Gasteiger partial charge in [0, 0.05) is 5.92 Å². The summed E-state index contributed by atoms with van der Waals surface area (Å²) in [6.45, 7) is 7.48. The maximum atomic E-state index is 11.8. The van der Waals surface area contributed by atoms with Crippen LogP contribution < -0.4 is 0 Å². The van der Waals surface area contributed by atoms with Crippen LogP contribution in [0.25, 0.3) is 0 Å². The molecular weight excluding hydrogens is 244 g/mol. The molecule has 6 atom stereocenters. The van der Waals surface area contributed by atoms with E-state index in [4.69, 9.17) is 4.74 Å². The van der Waals surface area contributed by atoms with Gasteiger partial charge in [0.1, 0.15) is 11.7 Å². The first-order valence-electron chi connectivity index (χ1n) is 6.81. The van der Waals surface area contributed by atoms with Gasteiger partial charge in [-0.1, -0.05) is 19.6 Å². The van der Waals surface area contributed by atoms with E-state index in [0.717, 1.165) is 6.42 Å². The predicted molar refractivity (Wildman–Crippen MR) is 69.1 cm³/mol. The van der Waals surface area contributed by atoms with Gasteiger partial charge in [0.05, 0.1) is 17.4 Å². The van der Waals surface area contributed by atoms with Gasteiger partial charge in [0.25, 0.3) is 0 Å². The van der Waals surface area contributed by atoms with Crippen LogP contribution in [0.5, 0.6) is 0 Å². The summed E-state index contributed by atoms with van der Waals surface area (Å²) in [4.78, 5) is 11.8. The first-order valence-corrected chi connectivity index (χ1v) is 6.81. The molecule has 0 aromatic heterocycles. The van der Waals surface area contributed by atoms with Gasteiger partial charge in [0.15, 0.2) is 0 Å². The summed E-state index contributed by atoms with van der Waals surface area (Å²) < 4.78 is 5.48. The highest BCUT2D eigenvalue weighted by Crippen LogP contribution is 2.53. The van der Waals surface area contributed by atoms with Gasteiger partial charge in [0.2, 0.25) is 0 Å². The highest BCUT2D eigenvalue weighted by atomic mass is 16.6. The second-order valence-electron chi connectivity index (χ2n) is 6.36. The van der Waals surface area contributed by atoms with E-state index in [9.17, 15) is 15.0 Å². The zero-order valence-corrected chi connectivity index (χ0v) is 11.3. The summed E-state index contributed by atoms with van der Waals surface area (Å²) in [6.07, 6.45) is 4.17. The van der Waals surface area contributed by atoms with Crippen molar-refractivity contribution in [3.8, 4) is 0 Å². The molecule has 0 aromatic rings. The average Bonchev–Trinajstić information content (AvgIpc) is 2.69. The minimum atomic E-state index is -1.27. The van der Waals surface area contributed by atoms with Gasteiger partial charge >= 0.3 is 5.97 Å². The molecule has 104 valence electrons. The maximum absolute atomic E-state index is 11.8. The smallest absolute Gasteiger partial charge is 0.309 e. The number of hydrogen-bond donors (Lipinski definition) is 2. The largest absolute Gasteiger partial charge is 0.461 e. The third-order valence-corrected chi connectivity index (χ3v) is 5.14. The third kappa shape index (κ3) is 1.56. The van der Waals surface area contributed by atoms with Crippen molar-refractivity contribution in [2.75, 3.05) is 0 Å². The standard InChI is InChI=1S/C15H20O4/c1-8-4-5-10-9(2)13(16)19-11(10)12-14(3,17)6-7-15(8,12)18/h6-7,9-12,17-18H,1,4-5H2,2-3H3/t9-,10-,11-,12-,14+,15+/m0/s1. The Morgan fingerprint density at radius 2 is 2.11 bits per heavy atom. The van der Waals surface area contributed by atoms with Crippen molar-refractivity contribution >= 4 is 5.97 Å². The molecule has 1 saturated heterocycles. The van der Waals surface area contributed by atoms with Crippen LogP contribution in [0.15, 0.2) is 24.3 Å². The molecule has 2 N–H and O–H groups in total. The summed E-state index contributed by atoms with van der Waals surface area (Å²) in [5.74, 6) is -0.937. The molecule has 19 heavy (non-hydrogen) atoms. The van der Waals surface area contributed by atoms with Crippen molar-refractivity contribution in [1.29, 1.82) is 0 Å². The molecule has 0 spiro atoms. The molecule has 1 heterocycles. The Morgan fingerprint density at radius 3 is 2.79 bits per heavy atom. The van der Waals surface area contributed by atoms with E-state index in [0.29, 0.717) is 12.0 Å². The van der Waals surface area contributed by atoms with E-state index in [2.05, 4.69) is 6.58 Å². The summed E-state index contributed by atoms with van der Waals surface area (Å²) >= 11 is 0. The SMILES string of the molecule is C=C1CC[C@@H]2[C@H](OC(=O)[C@H]2C)[C@@H]2[C@@]1(O)C=C[C@@]2(C)O. The Hall–Kier alpha value is -1.13. The third-order valence-electron chi connectivity index (χ3n) is 5.14. The molecule has 1 saturated carbocycles. The lowest BCUT2D eigenvalue weighted by Crippen LogP contribution is -2.51. The zero-order valence-electron chi connectivity index (χ0n) is 11.3. The quantitative estimate of drug-likeness (QED) is 0.509. The number of aliphatic hydroxyl groups is 2. The molecule has 0 unspecified atom stereocenters. The second-order valence-corrected chi connectivity index (χ2v) is 6.36. The number of rotatable bonds is 0. The molecule has 4 heteroatoms. The minimum absolute atomic E-state index is 0.0367. The van der Waals surface area contributed by atoms with Crippen LogP contribution in [0.2, 0.25) is 0 Å². The van der Waals surface area contributed by atoms with E-state index in [1.807, 2.05) is 6.92 Å². The highest BCUT2D eigenvalue weighted by molar-refractivity contribution is 5.75. The Kier molecular flexibility index (Phi) is 2.51. The van der Waals surface area contributed by atoms with E-state index in [-0.39, 0.29) is 17.8 Å². The summed E-state index contributed by atoms with van der Waals surface area (Å²) in [5.41, 5.74) is -1.76. The monoisotopic (exact) mass is 264 g/mol. The molecule has 1 aliphatic heterocycles. The number of carbonyl (C=O) groups is 1. The van der Waals surface area contributed by atoms with E-state index in [1.165, 1.54) is 0 Å². The van der Waals surface area contributed by atoms with Gasteiger partial charge in [-0.2, -0.15) is 0 Å². The molecule has 4 nitrogen and oxygen atoms in total. The van der Waals surface area contributed by atoms with E-state index in [1.54, 1.807) is 19.1 Å². The molecule has 0 radical (unpaired) electrons. The average molecular weight is 264 g/mol. The van der Waals surface area contributed by atoms with Crippen molar-refractivity contribution in [1.82, 2.24) is 0 Å². The Morgan fingerprint density at radius 1 is 1.42 bits per heavy atom. The van der Waals surface area contributed by atoms with Crippen molar-refractivity contribution in [2.24, 2.45) is 17.8 Å². The van der Waals surface area contributed by atoms with Crippen LogP contribution in [0.3, 0.4) is 0 Å². The maximum Gasteiger partial charge on any atom is 0.309 e. The van der Waals surface area contributed by atoms with Gasteiger partial charge in [-0.25, -0.2) is 0 Å². The lowest BCUT2D eigenvalue weighted by molar-refractivity contribution is -0.153. The molecule has 2 aliphatic carbocycles. The number of hydrogen-bond acceptors (Lipinski definition) is 4. The Bertz CT molecular complexity index is 479. The second kappa shape index (κ2) is 3.70. The normalized spacial score (nSPS) is 52.6. The summed E-state index contributed by atoms with van der Waals surface area (Å²) in [6, 6.07) is 0. The van der Waals surface area contributed by atoms with E-state index < -0.39 is 23.2 Å². The van der Waals surface area contributed by atoms with Gasteiger partial charge in [-0.05, 0) is 31.4 Å². The first-order chi connectivity index (χ1) is 8.77. The Balaban J connectivity index is 2.08. The molecule has 0 aromatic carbocycles. The minimum Gasteiger partial charge on any atom is -0.461 e. The van der Waals surface area contributed by atoms with Crippen LogP contribution in [0, 0.1) is 17.8 Å². The lowest BCUT2D eigenvalue weighted by Gasteiger charge is -2.39. The first kappa shape index (κ1) is 12.9. The predicted octanol–water partition coefficient (Wildman–Crippen LogP) is 1.18. The summed E-state index contributed by atoms with van der Waals surface area (Å²) in [7, 11) is 0. The molecule has 3 aliphatic rings. The van der Waals surface area contributed by atoms with Crippen LogP contribution >= 0.6 is 0 Å². The fraction of sp³-hybridized carbons (Fsp3) is 0.667. The summed E-state index contributed by atoms with van der Waals surface area (Å²) in [5, 5.41) is 21.4. The fourth-order valence-electron chi connectivity index (χ4n) is 3.93. The lowest BCUT2D eigenvalue weighted by atomic mass is 9.73. The van der Waals surface area contributed by atoms with Crippen molar-refractivity contribution < 1.29 is 19.7 Å². The number of carbonyl (C=O) groups excluding carboxylic acids is 1. The van der Waals surface area contributed by atoms with Gasteiger partial charge < -0.3 is 14.9 Å². The molecule has 0 bridgehead atoms.